The molecule has 3 heterocycles. The molecule has 7 nitrogen and oxygen atoms in total. The molecule has 0 aliphatic carbocycles. The third-order valence-electron chi connectivity index (χ3n) is 6.08. The molecule has 0 radical (unpaired) electrons. The van der Waals surface area contributed by atoms with Crippen molar-refractivity contribution < 1.29 is 13.2 Å². The van der Waals surface area contributed by atoms with E-state index in [-0.39, 0.29) is 17.4 Å². The Morgan fingerprint density at radius 2 is 1.68 bits per heavy atom. The zero-order valence-electron chi connectivity index (χ0n) is 17.7. The summed E-state index contributed by atoms with van der Waals surface area (Å²) in [5.41, 5.74) is 1.88. The molecular weight excluding hydrogens is 412 g/mol. The lowest BCUT2D eigenvalue weighted by molar-refractivity contribution is -0.126. The highest BCUT2D eigenvalue weighted by molar-refractivity contribution is 7.91. The van der Waals surface area contributed by atoms with Crippen LogP contribution in [0.4, 0.5) is 5.82 Å². The van der Waals surface area contributed by atoms with Gasteiger partial charge in [-0.2, -0.15) is 0 Å². The van der Waals surface area contributed by atoms with Crippen LogP contribution in [0.5, 0.6) is 0 Å². The van der Waals surface area contributed by atoms with Crippen molar-refractivity contribution in [2.75, 3.05) is 42.6 Å². The molecule has 0 bridgehead atoms. The molecule has 1 amide bonds. The standard InChI is InChI=1S/C23H30N4O3S/c28-23(25-18-20-10-7-11-24-22(20)27-12-5-2-6-13-27)21(19-8-3-1-4-9-19)26-14-16-31(29,30)17-15-26/h1,3-4,7-11,21H,2,5-6,12-18H2,(H,25,28). The molecule has 1 aromatic heterocycles. The number of carbonyl (C=O) groups excluding carboxylic acids is 1. The number of benzene rings is 1. The highest BCUT2D eigenvalue weighted by Crippen LogP contribution is 2.25. The van der Waals surface area contributed by atoms with Gasteiger partial charge in [0.25, 0.3) is 0 Å². The normalized spacial score (nSPS) is 20.2. The molecule has 1 unspecified atom stereocenters. The van der Waals surface area contributed by atoms with Gasteiger partial charge in [-0.05, 0) is 30.9 Å². The summed E-state index contributed by atoms with van der Waals surface area (Å²) >= 11 is 0. The number of nitrogens with zero attached hydrogens (tertiary/aromatic N) is 3. The molecule has 166 valence electrons. The summed E-state index contributed by atoms with van der Waals surface area (Å²) in [5, 5.41) is 3.10. The molecule has 2 aliphatic rings. The number of carbonyl (C=O) groups is 1. The minimum absolute atomic E-state index is 0.0886. The highest BCUT2D eigenvalue weighted by atomic mass is 32.2. The molecular formula is C23H30N4O3S. The number of amides is 1. The fraction of sp³-hybridized carbons (Fsp3) is 0.478. The second-order valence-electron chi connectivity index (χ2n) is 8.25. The van der Waals surface area contributed by atoms with E-state index in [1.807, 2.05) is 47.4 Å². The first-order valence-electron chi connectivity index (χ1n) is 11.0. The van der Waals surface area contributed by atoms with Crippen LogP contribution in [0, 0.1) is 0 Å². The number of pyridine rings is 1. The number of hydrogen-bond donors (Lipinski definition) is 1. The topological polar surface area (TPSA) is 82.6 Å². The minimum Gasteiger partial charge on any atom is -0.356 e. The SMILES string of the molecule is O=C(NCc1cccnc1N1CCCCC1)C(c1ccccc1)N1CCS(=O)(=O)CC1. The Bertz CT molecular complexity index is 977. The van der Waals surface area contributed by atoms with Crippen molar-refractivity contribution in [3.63, 3.8) is 0 Å². The van der Waals surface area contributed by atoms with E-state index in [4.69, 9.17) is 0 Å². The zero-order chi connectivity index (χ0) is 21.7. The van der Waals surface area contributed by atoms with Gasteiger partial charge in [-0.15, -0.1) is 0 Å². The molecule has 8 heteroatoms. The van der Waals surface area contributed by atoms with Crippen LogP contribution >= 0.6 is 0 Å². The van der Waals surface area contributed by atoms with E-state index in [1.165, 1.54) is 6.42 Å². The Morgan fingerprint density at radius 1 is 0.968 bits per heavy atom. The van der Waals surface area contributed by atoms with E-state index >= 15 is 0 Å². The fourth-order valence-corrected chi connectivity index (χ4v) is 5.62. The maximum Gasteiger partial charge on any atom is 0.242 e. The van der Waals surface area contributed by atoms with Gasteiger partial charge >= 0.3 is 0 Å². The Kier molecular flexibility index (Phi) is 6.87. The molecule has 1 atom stereocenters. The van der Waals surface area contributed by atoms with Crippen molar-refractivity contribution in [1.82, 2.24) is 15.2 Å². The summed E-state index contributed by atoms with van der Waals surface area (Å²) in [6.45, 7) is 3.11. The third kappa shape index (κ3) is 5.43. The van der Waals surface area contributed by atoms with E-state index in [2.05, 4.69) is 15.2 Å². The number of nitrogens with one attached hydrogen (secondary N) is 1. The van der Waals surface area contributed by atoms with Gasteiger partial charge in [0.2, 0.25) is 5.91 Å². The van der Waals surface area contributed by atoms with Crippen LogP contribution in [-0.4, -0.2) is 61.9 Å². The lowest BCUT2D eigenvalue weighted by Gasteiger charge is -2.34. The summed E-state index contributed by atoms with van der Waals surface area (Å²) in [7, 11) is -3.02. The lowest BCUT2D eigenvalue weighted by atomic mass is 10.0. The maximum atomic E-state index is 13.3. The highest BCUT2D eigenvalue weighted by Gasteiger charge is 2.32. The second-order valence-corrected chi connectivity index (χ2v) is 10.6. The number of aromatic nitrogens is 1. The van der Waals surface area contributed by atoms with Crippen molar-refractivity contribution in [3.8, 4) is 0 Å². The summed E-state index contributed by atoms with van der Waals surface area (Å²) in [5.74, 6) is 1.01. The van der Waals surface area contributed by atoms with Crippen molar-refractivity contribution in [2.45, 2.75) is 31.8 Å². The number of hydrogen-bond acceptors (Lipinski definition) is 6. The predicted octanol–water partition coefficient (Wildman–Crippen LogP) is 2.16. The summed E-state index contributed by atoms with van der Waals surface area (Å²) in [4.78, 5) is 22.2. The summed E-state index contributed by atoms with van der Waals surface area (Å²) in [6, 6.07) is 13.0. The molecule has 2 aliphatic heterocycles. The quantitative estimate of drug-likeness (QED) is 0.738. The van der Waals surface area contributed by atoms with Crippen LogP contribution in [0.25, 0.3) is 0 Å². The van der Waals surface area contributed by atoms with E-state index in [1.54, 1.807) is 6.20 Å². The van der Waals surface area contributed by atoms with Gasteiger partial charge in [0.05, 0.1) is 11.5 Å². The van der Waals surface area contributed by atoms with Crippen molar-refractivity contribution in [3.05, 3.63) is 59.8 Å². The van der Waals surface area contributed by atoms with Gasteiger partial charge in [-0.1, -0.05) is 36.4 Å². The molecule has 2 fully saturated rings. The van der Waals surface area contributed by atoms with Crippen LogP contribution in [0.15, 0.2) is 48.7 Å². The van der Waals surface area contributed by atoms with Crippen LogP contribution in [0.1, 0.15) is 36.4 Å². The Morgan fingerprint density at radius 3 is 2.39 bits per heavy atom. The Labute approximate surface area is 184 Å². The smallest absolute Gasteiger partial charge is 0.242 e. The second kappa shape index (κ2) is 9.78. The molecule has 1 aromatic carbocycles. The number of rotatable bonds is 6. The van der Waals surface area contributed by atoms with E-state index in [0.29, 0.717) is 19.6 Å². The molecule has 1 N–H and O–H groups in total. The Hall–Kier alpha value is -2.45. The monoisotopic (exact) mass is 442 g/mol. The summed E-state index contributed by atoms with van der Waals surface area (Å²) in [6.07, 6.45) is 5.38. The maximum absolute atomic E-state index is 13.3. The van der Waals surface area contributed by atoms with Gasteiger partial charge < -0.3 is 10.2 Å². The molecule has 31 heavy (non-hydrogen) atoms. The average molecular weight is 443 g/mol. The first kappa shape index (κ1) is 21.8. The lowest BCUT2D eigenvalue weighted by Crippen LogP contribution is -2.47. The molecule has 4 rings (SSSR count). The van der Waals surface area contributed by atoms with E-state index < -0.39 is 15.9 Å². The van der Waals surface area contributed by atoms with Crippen LogP contribution in [0.3, 0.4) is 0 Å². The first-order valence-corrected chi connectivity index (χ1v) is 12.8. The third-order valence-corrected chi connectivity index (χ3v) is 7.69. The van der Waals surface area contributed by atoms with Crippen molar-refractivity contribution >= 4 is 21.6 Å². The summed E-state index contributed by atoms with van der Waals surface area (Å²) < 4.78 is 23.8. The number of anilines is 1. The fourth-order valence-electron chi connectivity index (χ4n) is 4.39. The van der Waals surface area contributed by atoms with Crippen molar-refractivity contribution in [2.24, 2.45) is 0 Å². The van der Waals surface area contributed by atoms with E-state index in [9.17, 15) is 13.2 Å². The molecule has 2 aromatic rings. The predicted molar refractivity (Wildman–Crippen MR) is 122 cm³/mol. The Balaban J connectivity index is 1.50. The largest absolute Gasteiger partial charge is 0.356 e. The van der Waals surface area contributed by atoms with Crippen molar-refractivity contribution in [1.29, 1.82) is 0 Å². The zero-order valence-corrected chi connectivity index (χ0v) is 18.6. The minimum atomic E-state index is -3.02. The van der Waals surface area contributed by atoms with E-state index in [0.717, 1.165) is 42.9 Å². The van der Waals surface area contributed by atoms with Gasteiger partial charge in [0, 0.05) is 44.5 Å². The molecule has 2 saturated heterocycles. The number of sulfone groups is 1. The molecule has 0 saturated carbocycles. The van der Waals surface area contributed by atoms with Gasteiger partial charge in [0.15, 0.2) is 9.84 Å². The van der Waals surface area contributed by atoms with Gasteiger partial charge in [-0.25, -0.2) is 13.4 Å². The first-order chi connectivity index (χ1) is 15.0. The van der Waals surface area contributed by atoms with Crippen LogP contribution in [-0.2, 0) is 21.2 Å². The van der Waals surface area contributed by atoms with Crippen LogP contribution in [0.2, 0.25) is 0 Å². The average Bonchev–Trinajstić information content (AvgIpc) is 2.80. The van der Waals surface area contributed by atoms with Gasteiger partial charge in [-0.3, -0.25) is 9.69 Å². The van der Waals surface area contributed by atoms with Crippen LogP contribution < -0.4 is 10.2 Å². The molecule has 0 spiro atoms. The van der Waals surface area contributed by atoms with Gasteiger partial charge in [0.1, 0.15) is 11.9 Å². The number of piperidine rings is 1.